The molecule has 0 spiro atoms. The van der Waals surface area contributed by atoms with Gasteiger partial charge in [0, 0.05) is 17.9 Å². The van der Waals surface area contributed by atoms with Crippen molar-refractivity contribution in [2.45, 2.75) is 20.1 Å². The molecule has 2 aromatic rings. The maximum Gasteiger partial charge on any atom is 0.347 e. The van der Waals surface area contributed by atoms with Gasteiger partial charge in [0.2, 0.25) is 0 Å². The van der Waals surface area contributed by atoms with Gasteiger partial charge >= 0.3 is 11.6 Å². The van der Waals surface area contributed by atoms with E-state index in [1.54, 1.807) is 12.1 Å². The van der Waals surface area contributed by atoms with Crippen molar-refractivity contribution in [3.05, 3.63) is 39.9 Å². The molecule has 0 aliphatic rings. The fourth-order valence-electron chi connectivity index (χ4n) is 1.84. The molecule has 0 aliphatic heterocycles. The fourth-order valence-corrected chi connectivity index (χ4v) is 1.84. The smallest absolute Gasteiger partial charge is 0.347 e. The van der Waals surface area contributed by atoms with Gasteiger partial charge in [-0.1, -0.05) is 12.1 Å². The van der Waals surface area contributed by atoms with Crippen LogP contribution in [0.5, 0.6) is 5.75 Å². The van der Waals surface area contributed by atoms with Crippen molar-refractivity contribution in [1.29, 1.82) is 0 Å². The summed E-state index contributed by atoms with van der Waals surface area (Å²) in [5, 5.41) is 19.3. The Morgan fingerprint density at radius 3 is 2.79 bits per heavy atom. The topological polar surface area (TPSA) is 97.0 Å². The van der Waals surface area contributed by atoms with Gasteiger partial charge in [-0.3, -0.25) is 4.79 Å². The molecular weight excluding hydrogens is 252 g/mol. The van der Waals surface area contributed by atoms with Crippen molar-refractivity contribution in [2.24, 2.45) is 0 Å². The molecule has 19 heavy (non-hydrogen) atoms. The van der Waals surface area contributed by atoms with Crippen molar-refractivity contribution in [2.75, 3.05) is 0 Å². The zero-order valence-corrected chi connectivity index (χ0v) is 10.2. The maximum atomic E-state index is 11.7. The second-order valence-corrected chi connectivity index (χ2v) is 3.93. The zero-order valence-electron chi connectivity index (χ0n) is 10.2. The monoisotopic (exact) mass is 264 g/mol. The van der Waals surface area contributed by atoms with Crippen LogP contribution >= 0.6 is 0 Å². The maximum absolute atomic E-state index is 11.7. The third-order valence-electron chi connectivity index (χ3n) is 2.69. The van der Waals surface area contributed by atoms with Gasteiger partial charge in [0.15, 0.2) is 0 Å². The van der Waals surface area contributed by atoms with Gasteiger partial charge < -0.3 is 19.4 Å². The van der Waals surface area contributed by atoms with E-state index in [1.807, 2.05) is 0 Å². The van der Waals surface area contributed by atoms with E-state index in [4.69, 9.17) is 9.15 Å². The SMILES string of the molecule is CC(=O)OCc1c(CO)oc(=O)c2c(O)cccc12. The van der Waals surface area contributed by atoms with Gasteiger partial charge in [0.25, 0.3) is 0 Å². The summed E-state index contributed by atoms with van der Waals surface area (Å²) in [5.74, 6) is -0.701. The number of phenolic OH excluding ortho intramolecular Hbond substituents is 1. The lowest BCUT2D eigenvalue weighted by Crippen LogP contribution is -2.09. The molecule has 0 unspecified atom stereocenters. The van der Waals surface area contributed by atoms with E-state index >= 15 is 0 Å². The summed E-state index contributed by atoms with van der Waals surface area (Å²) in [6.45, 7) is 0.601. The molecule has 1 aromatic heterocycles. The first-order valence-electron chi connectivity index (χ1n) is 5.55. The van der Waals surface area contributed by atoms with Crippen molar-refractivity contribution < 1.29 is 24.2 Å². The van der Waals surface area contributed by atoms with Crippen LogP contribution in [0.2, 0.25) is 0 Å². The largest absolute Gasteiger partial charge is 0.507 e. The summed E-state index contributed by atoms with van der Waals surface area (Å²) >= 11 is 0. The van der Waals surface area contributed by atoms with Gasteiger partial charge in [0.05, 0.1) is 0 Å². The number of esters is 1. The van der Waals surface area contributed by atoms with E-state index in [2.05, 4.69) is 0 Å². The van der Waals surface area contributed by atoms with E-state index in [0.717, 1.165) is 0 Å². The molecular formula is C13H12O6. The Morgan fingerprint density at radius 2 is 2.16 bits per heavy atom. The molecule has 100 valence electrons. The number of carbonyl (C=O) groups excluding carboxylic acids is 1. The van der Waals surface area contributed by atoms with E-state index in [0.29, 0.717) is 10.9 Å². The number of fused-ring (bicyclic) bond motifs is 1. The van der Waals surface area contributed by atoms with Crippen LogP contribution in [0.1, 0.15) is 18.2 Å². The minimum atomic E-state index is -0.747. The highest BCUT2D eigenvalue weighted by Crippen LogP contribution is 2.26. The number of carbonyl (C=O) groups is 1. The number of benzene rings is 1. The molecule has 1 heterocycles. The molecule has 0 aliphatic carbocycles. The normalized spacial score (nSPS) is 10.6. The molecule has 0 bridgehead atoms. The summed E-state index contributed by atoms with van der Waals surface area (Å²) in [4.78, 5) is 22.6. The lowest BCUT2D eigenvalue weighted by atomic mass is 10.1. The molecule has 0 amide bonds. The van der Waals surface area contributed by atoms with E-state index in [-0.39, 0.29) is 23.5 Å². The average molecular weight is 264 g/mol. The van der Waals surface area contributed by atoms with Gasteiger partial charge in [-0.2, -0.15) is 0 Å². The number of aromatic hydroxyl groups is 1. The Kier molecular flexibility index (Phi) is 3.52. The predicted molar refractivity (Wildman–Crippen MR) is 65.5 cm³/mol. The minimum Gasteiger partial charge on any atom is -0.507 e. The van der Waals surface area contributed by atoms with E-state index < -0.39 is 18.2 Å². The predicted octanol–water partition coefficient (Wildman–Crippen LogP) is 1.05. The molecule has 0 saturated heterocycles. The third kappa shape index (κ3) is 2.43. The highest BCUT2D eigenvalue weighted by atomic mass is 16.5. The Hall–Kier alpha value is -2.34. The summed E-state index contributed by atoms with van der Waals surface area (Å²) in [7, 11) is 0. The molecule has 0 radical (unpaired) electrons. The Labute approximate surface area is 107 Å². The van der Waals surface area contributed by atoms with E-state index in [9.17, 15) is 19.8 Å². The van der Waals surface area contributed by atoms with Crippen LogP contribution in [0, 0.1) is 0 Å². The van der Waals surface area contributed by atoms with Gasteiger partial charge in [-0.15, -0.1) is 0 Å². The number of phenols is 1. The average Bonchev–Trinajstić information content (AvgIpc) is 2.36. The van der Waals surface area contributed by atoms with Crippen LogP contribution in [0.3, 0.4) is 0 Å². The summed E-state index contributed by atoms with van der Waals surface area (Å²) < 4.78 is 9.79. The van der Waals surface area contributed by atoms with Crippen molar-refractivity contribution in [1.82, 2.24) is 0 Å². The standard InChI is InChI=1S/C13H12O6/c1-7(15)18-6-9-8-3-2-4-10(16)12(8)13(17)19-11(9)5-14/h2-4,14,16H,5-6H2,1H3. The molecule has 2 rings (SSSR count). The summed E-state index contributed by atoms with van der Waals surface area (Å²) in [5.41, 5.74) is -0.382. The Balaban J connectivity index is 2.71. The number of aliphatic hydroxyl groups is 1. The first kappa shape index (κ1) is 13.1. The number of ether oxygens (including phenoxy) is 1. The highest BCUT2D eigenvalue weighted by molar-refractivity contribution is 5.89. The quantitative estimate of drug-likeness (QED) is 0.804. The van der Waals surface area contributed by atoms with Gasteiger partial charge in [-0.25, -0.2) is 4.79 Å². The Morgan fingerprint density at radius 1 is 1.42 bits per heavy atom. The van der Waals surface area contributed by atoms with Gasteiger partial charge in [0.1, 0.15) is 30.1 Å². The highest BCUT2D eigenvalue weighted by Gasteiger charge is 2.16. The van der Waals surface area contributed by atoms with E-state index in [1.165, 1.54) is 13.0 Å². The number of aliphatic hydroxyl groups excluding tert-OH is 1. The van der Waals surface area contributed by atoms with Crippen LogP contribution in [-0.4, -0.2) is 16.2 Å². The number of hydrogen-bond acceptors (Lipinski definition) is 6. The van der Waals surface area contributed by atoms with Crippen molar-refractivity contribution >= 4 is 16.7 Å². The number of hydrogen-bond donors (Lipinski definition) is 2. The second kappa shape index (κ2) is 5.11. The molecule has 1 aromatic carbocycles. The van der Waals surface area contributed by atoms with Crippen molar-refractivity contribution in [3.8, 4) is 5.75 Å². The Bertz CT molecular complexity index is 685. The van der Waals surface area contributed by atoms with Gasteiger partial charge in [-0.05, 0) is 6.07 Å². The van der Waals surface area contributed by atoms with Crippen LogP contribution in [-0.2, 0) is 22.7 Å². The lowest BCUT2D eigenvalue weighted by molar-refractivity contribution is -0.142. The minimum absolute atomic E-state index is 0.00171. The van der Waals surface area contributed by atoms with Crippen LogP contribution in [0.15, 0.2) is 27.4 Å². The summed E-state index contributed by atoms with van der Waals surface area (Å²) in [6, 6.07) is 4.49. The zero-order chi connectivity index (χ0) is 14.0. The van der Waals surface area contributed by atoms with Crippen LogP contribution in [0.4, 0.5) is 0 Å². The first-order chi connectivity index (χ1) is 9.04. The molecule has 6 nitrogen and oxygen atoms in total. The fraction of sp³-hybridized carbons (Fsp3) is 0.231. The lowest BCUT2D eigenvalue weighted by Gasteiger charge is -2.10. The first-order valence-corrected chi connectivity index (χ1v) is 5.55. The molecule has 2 N–H and O–H groups in total. The molecule has 6 heteroatoms. The third-order valence-corrected chi connectivity index (χ3v) is 2.69. The van der Waals surface area contributed by atoms with Crippen LogP contribution < -0.4 is 5.63 Å². The molecule has 0 atom stereocenters. The molecule has 0 fully saturated rings. The number of rotatable bonds is 3. The second-order valence-electron chi connectivity index (χ2n) is 3.93. The van der Waals surface area contributed by atoms with Crippen molar-refractivity contribution in [3.63, 3.8) is 0 Å². The molecule has 0 saturated carbocycles. The summed E-state index contributed by atoms with van der Waals surface area (Å²) in [6.07, 6.45) is 0. The van der Waals surface area contributed by atoms with Crippen LogP contribution in [0.25, 0.3) is 10.8 Å².